The molecule has 0 saturated heterocycles. The maximum absolute atomic E-state index is 8.88. The van der Waals surface area contributed by atoms with Gasteiger partial charge in [-0.15, -0.1) is 0 Å². The predicted octanol–water partition coefficient (Wildman–Crippen LogP) is 1.10. The molecule has 100 valence electrons. The highest BCUT2D eigenvalue weighted by Crippen LogP contribution is 2.25. The van der Waals surface area contributed by atoms with Crippen LogP contribution in [0.2, 0.25) is 0 Å². The first-order chi connectivity index (χ1) is 8.42. The molecule has 0 atom stereocenters. The Hall–Kier alpha value is -1.17. The molecular weight excluding hydrogens is 257 g/mol. The normalized spacial score (nSPS) is 11.1. The standard InChI is InChI=1S/C11H13NO.H3O4P/c13-9-3-7-12-8-6-10-4-1-2-5-11(10)12;1-5(2,3)4/h1-2,4-6,8,13H,3,7,9H2;(H3,1,2,3,4). The summed E-state index contributed by atoms with van der Waals surface area (Å²) in [4.78, 5) is 21.6. The zero-order valence-electron chi connectivity index (χ0n) is 9.68. The molecular formula is C11H16NO5P. The molecule has 1 aromatic carbocycles. The summed E-state index contributed by atoms with van der Waals surface area (Å²) in [7, 11) is -4.64. The molecule has 1 aromatic heterocycles. The Kier molecular flexibility index (Phi) is 5.53. The number of hydrogen-bond acceptors (Lipinski definition) is 2. The van der Waals surface area contributed by atoms with Crippen molar-refractivity contribution < 1.29 is 24.4 Å². The zero-order valence-corrected chi connectivity index (χ0v) is 10.6. The Morgan fingerprint density at radius 1 is 1.11 bits per heavy atom. The first-order valence-corrected chi connectivity index (χ1v) is 6.91. The van der Waals surface area contributed by atoms with E-state index in [1.807, 2.05) is 12.1 Å². The molecule has 0 bridgehead atoms. The van der Waals surface area contributed by atoms with Gasteiger partial charge in [-0.25, -0.2) is 4.57 Å². The van der Waals surface area contributed by atoms with Crippen molar-refractivity contribution in [3.8, 4) is 0 Å². The fraction of sp³-hybridized carbons (Fsp3) is 0.273. The summed E-state index contributed by atoms with van der Waals surface area (Å²) in [5.41, 5.74) is 1.25. The minimum atomic E-state index is -4.64. The summed E-state index contributed by atoms with van der Waals surface area (Å²) in [5.74, 6) is 0. The van der Waals surface area contributed by atoms with E-state index in [1.54, 1.807) is 0 Å². The van der Waals surface area contributed by atoms with Crippen LogP contribution in [0.4, 0.5) is 0 Å². The number of phosphoric acid groups is 1. The first-order valence-electron chi connectivity index (χ1n) is 5.35. The smallest absolute Gasteiger partial charge is 0.396 e. The lowest BCUT2D eigenvalue weighted by Gasteiger charge is -2.02. The van der Waals surface area contributed by atoms with Gasteiger partial charge >= 0.3 is 7.82 Å². The van der Waals surface area contributed by atoms with Gasteiger partial charge in [-0.1, -0.05) is 18.2 Å². The number of aliphatic hydroxyl groups excluding tert-OH is 1. The van der Waals surface area contributed by atoms with Crippen molar-refractivity contribution in [2.24, 2.45) is 0 Å². The zero-order chi connectivity index (χ0) is 13.6. The predicted molar refractivity (Wildman–Crippen MR) is 67.9 cm³/mol. The third kappa shape index (κ3) is 5.44. The van der Waals surface area contributed by atoms with E-state index in [1.165, 1.54) is 10.9 Å². The molecule has 7 heteroatoms. The molecule has 2 rings (SSSR count). The Bertz CT molecular complexity index is 525. The van der Waals surface area contributed by atoms with E-state index in [2.05, 4.69) is 29.0 Å². The molecule has 18 heavy (non-hydrogen) atoms. The Morgan fingerprint density at radius 3 is 2.33 bits per heavy atom. The molecule has 0 aliphatic carbocycles. The van der Waals surface area contributed by atoms with Gasteiger partial charge in [0, 0.05) is 24.9 Å². The van der Waals surface area contributed by atoms with Crippen molar-refractivity contribution in [1.29, 1.82) is 0 Å². The lowest BCUT2D eigenvalue weighted by molar-refractivity contribution is 0.275. The largest absolute Gasteiger partial charge is 0.466 e. The number of nitrogens with zero attached hydrogens (tertiary/aromatic N) is 1. The van der Waals surface area contributed by atoms with Crippen molar-refractivity contribution in [1.82, 2.24) is 4.57 Å². The lowest BCUT2D eigenvalue weighted by Crippen LogP contribution is -1.97. The Balaban J connectivity index is 0.000000280. The van der Waals surface area contributed by atoms with Gasteiger partial charge in [0.25, 0.3) is 0 Å². The van der Waals surface area contributed by atoms with E-state index in [0.717, 1.165) is 13.0 Å². The van der Waals surface area contributed by atoms with Crippen molar-refractivity contribution in [2.75, 3.05) is 6.61 Å². The van der Waals surface area contributed by atoms with Crippen LogP contribution in [0.15, 0.2) is 36.5 Å². The second-order valence-corrected chi connectivity index (χ2v) is 4.68. The van der Waals surface area contributed by atoms with Crippen molar-refractivity contribution in [3.05, 3.63) is 36.5 Å². The van der Waals surface area contributed by atoms with Crippen molar-refractivity contribution in [3.63, 3.8) is 0 Å². The van der Waals surface area contributed by atoms with E-state index >= 15 is 0 Å². The van der Waals surface area contributed by atoms with Crippen LogP contribution in [0.3, 0.4) is 0 Å². The average molecular weight is 273 g/mol. The summed E-state index contributed by atoms with van der Waals surface area (Å²) in [6, 6.07) is 10.4. The highest BCUT2D eigenvalue weighted by Gasteiger charge is 2.00. The molecule has 6 nitrogen and oxygen atoms in total. The molecule has 0 saturated carbocycles. The van der Waals surface area contributed by atoms with Gasteiger partial charge in [0.15, 0.2) is 0 Å². The van der Waals surface area contributed by atoms with Gasteiger partial charge in [-0.3, -0.25) is 0 Å². The van der Waals surface area contributed by atoms with Crippen LogP contribution in [0, 0.1) is 0 Å². The summed E-state index contributed by atoms with van der Waals surface area (Å²) in [6.45, 7) is 1.15. The van der Waals surface area contributed by atoms with Gasteiger partial charge in [-0.05, 0) is 23.9 Å². The van der Waals surface area contributed by atoms with Gasteiger partial charge in [-0.2, -0.15) is 0 Å². The molecule has 0 fully saturated rings. The van der Waals surface area contributed by atoms with Crippen LogP contribution in [0.25, 0.3) is 10.9 Å². The average Bonchev–Trinajstić information content (AvgIpc) is 2.67. The molecule has 0 aliphatic rings. The molecule has 0 spiro atoms. The number of benzene rings is 1. The summed E-state index contributed by atoms with van der Waals surface area (Å²) >= 11 is 0. The number of aliphatic hydroxyl groups is 1. The molecule has 0 aliphatic heterocycles. The topological polar surface area (TPSA) is 103 Å². The number of para-hydroxylation sites is 1. The van der Waals surface area contributed by atoms with Gasteiger partial charge in [0.1, 0.15) is 0 Å². The monoisotopic (exact) mass is 273 g/mol. The fourth-order valence-corrected chi connectivity index (χ4v) is 1.58. The van der Waals surface area contributed by atoms with Gasteiger partial charge in [0.2, 0.25) is 0 Å². The molecule has 4 N–H and O–H groups in total. The highest BCUT2D eigenvalue weighted by molar-refractivity contribution is 7.45. The van der Waals surface area contributed by atoms with Crippen LogP contribution in [-0.4, -0.2) is 31.0 Å². The quantitative estimate of drug-likeness (QED) is 0.627. The van der Waals surface area contributed by atoms with Gasteiger partial charge in [0.05, 0.1) is 0 Å². The highest BCUT2D eigenvalue weighted by atomic mass is 31.2. The second kappa shape index (κ2) is 6.68. The molecule has 1 heterocycles. The summed E-state index contributed by atoms with van der Waals surface area (Å²) < 4.78 is 11.1. The fourth-order valence-electron chi connectivity index (χ4n) is 1.58. The van der Waals surface area contributed by atoms with E-state index < -0.39 is 7.82 Å². The molecule has 0 amide bonds. The molecule has 0 unspecified atom stereocenters. The third-order valence-electron chi connectivity index (χ3n) is 2.24. The number of aryl methyl sites for hydroxylation is 1. The third-order valence-corrected chi connectivity index (χ3v) is 2.24. The molecule has 0 radical (unpaired) electrons. The maximum Gasteiger partial charge on any atom is 0.466 e. The van der Waals surface area contributed by atoms with Gasteiger partial charge < -0.3 is 24.4 Å². The van der Waals surface area contributed by atoms with E-state index in [4.69, 9.17) is 24.4 Å². The van der Waals surface area contributed by atoms with Crippen LogP contribution in [0.5, 0.6) is 0 Å². The summed E-state index contributed by atoms with van der Waals surface area (Å²) in [6.07, 6.45) is 2.89. The number of fused-ring (bicyclic) bond motifs is 1. The number of aromatic nitrogens is 1. The molecule has 2 aromatic rings. The minimum Gasteiger partial charge on any atom is -0.396 e. The summed E-state index contributed by atoms with van der Waals surface area (Å²) in [5, 5.41) is 9.99. The van der Waals surface area contributed by atoms with Crippen LogP contribution < -0.4 is 0 Å². The van der Waals surface area contributed by atoms with Crippen LogP contribution in [-0.2, 0) is 11.1 Å². The van der Waals surface area contributed by atoms with E-state index in [0.29, 0.717) is 0 Å². The van der Waals surface area contributed by atoms with Crippen LogP contribution in [0.1, 0.15) is 6.42 Å². The van der Waals surface area contributed by atoms with Crippen molar-refractivity contribution >= 4 is 18.7 Å². The first kappa shape index (κ1) is 14.9. The maximum atomic E-state index is 8.88. The second-order valence-electron chi connectivity index (χ2n) is 3.66. The van der Waals surface area contributed by atoms with E-state index in [-0.39, 0.29) is 6.61 Å². The van der Waals surface area contributed by atoms with E-state index in [9.17, 15) is 0 Å². The number of rotatable bonds is 3. The SMILES string of the molecule is O=P(O)(O)O.OCCCn1ccc2ccccc21. The Labute approximate surface area is 104 Å². The Morgan fingerprint density at radius 2 is 1.72 bits per heavy atom. The van der Waals surface area contributed by atoms with Crippen molar-refractivity contribution in [2.45, 2.75) is 13.0 Å². The minimum absolute atomic E-state index is 0.256. The van der Waals surface area contributed by atoms with Crippen LogP contribution >= 0.6 is 7.82 Å². The number of hydrogen-bond donors (Lipinski definition) is 4. The lowest BCUT2D eigenvalue weighted by atomic mass is 10.2.